The monoisotopic (exact) mass is 581 g/mol. The Labute approximate surface area is 252 Å². The molecule has 4 aromatic rings. The summed E-state index contributed by atoms with van der Waals surface area (Å²) in [5.74, 6) is -0.184. The van der Waals surface area contributed by atoms with Crippen LogP contribution in [0.5, 0.6) is 11.5 Å². The van der Waals surface area contributed by atoms with Crippen LogP contribution in [-0.4, -0.2) is 53.7 Å². The second-order valence-electron chi connectivity index (χ2n) is 12.1. The van der Waals surface area contributed by atoms with E-state index in [1.165, 1.54) is 23.1 Å². The van der Waals surface area contributed by atoms with E-state index in [0.29, 0.717) is 16.9 Å². The second kappa shape index (κ2) is 11.8. The van der Waals surface area contributed by atoms with Gasteiger partial charge in [-0.05, 0) is 72.2 Å². The number of allylic oxidation sites excluding steroid dienone is 1. The van der Waals surface area contributed by atoms with E-state index < -0.39 is 5.97 Å². The van der Waals surface area contributed by atoms with Crippen molar-refractivity contribution >= 4 is 39.7 Å². The first-order chi connectivity index (χ1) is 20.2. The van der Waals surface area contributed by atoms with E-state index in [0.717, 1.165) is 67.2 Å². The molecule has 1 aromatic heterocycles. The lowest BCUT2D eigenvalue weighted by Gasteiger charge is -2.39. The summed E-state index contributed by atoms with van der Waals surface area (Å²) < 4.78 is 6.12. The van der Waals surface area contributed by atoms with Gasteiger partial charge < -0.3 is 14.7 Å². The molecule has 0 unspecified atom stereocenters. The Morgan fingerprint density at radius 3 is 2.52 bits per heavy atom. The molecule has 6 rings (SSSR count). The number of anilines is 1. The van der Waals surface area contributed by atoms with Gasteiger partial charge in [0.05, 0.1) is 11.7 Å². The number of hydrogen-bond donors (Lipinski definition) is 1. The van der Waals surface area contributed by atoms with Crippen molar-refractivity contribution in [2.45, 2.75) is 33.1 Å². The number of fused-ring (bicyclic) bond motifs is 1. The average Bonchev–Trinajstić information content (AvgIpc) is 2.98. The Balaban J connectivity index is 1.17. The molecule has 1 saturated heterocycles. The highest BCUT2D eigenvalue weighted by atomic mass is 35.5. The number of pyridine rings is 1. The minimum atomic E-state index is -1.02. The predicted octanol–water partition coefficient (Wildman–Crippen LogP) is 8.16. The minimum absolute atomic E-state index is 0.132. The average molecular weight is 582 g/mol. The number of ether oxygens (including phenoxy) is 1. The van der Waals surface area contributed by atoms with Crippen molar-refractivity contribution < 1.29 is 14.6 Å². The van der Waals surface area contributed by atoms with Gasteiger partial charge in [0.25, 0.3) is 0 Å². The molecule has 1 fully saturated rings. The van der Waals surface area contributed by atoms with Crippen LogP contribution in [0.3, 0.4) is 0 Å². The maximum Gasteiger partial charge on any atom is 0.339 e. The van der Waals surface area contributed by atoms with Crippen LogP contribution >= 0.6 is 11.6 Å². The summed E-state index contributed by atoms with van der Waals surface area (Å²) in [6.45, 7) is 9.30. The molecule has 42 heavy (non-hydrogen) atoms. The third kappa shape index (κ3) is 6.30. The highest BCUT2D eigenvalue weighted by Gasteiger charge is 2.29. The summed E-state index contributed by atoms with van der Waals surface area (Å²) in [7, 11) is 0. The molecule has 3 aromatic carbocycles. The zero-order chi connectivity index (χ0) is 29.3. The van der Waals surface area contributed by atoms with E-state index >= 15 is 0 Å². The zero-order valence-electron chi connectivity index (χ0n) is 24.1. The molecule has 0 amide bonds. The minimum Gasteiger partial charge on any atom is -0.478 e. The van der Waals surface area contributed by atoms with E-state index in [9.17, 15) is 9.90 Å². The number of halogens is 1. The Kier molecular flexibility index (Phi) is 7.93. The number of benzene rings is 3. The van der Waals surface area contributed by atoms with Gasteiger partial charge in [-0.2, -0.15) is 0 Å². The molecule has 7 heteroatoms. The molecule has 6 nitrogen and oxygen atoms in total. The molecule has 0 atom stereocenters. The number of para-hydroxylation sites is 1. The van der Waals surface area contributed by atoms with E-state index in [2.05, 4.69) is 40.8 Å². The lowest BCUT2D eigenvalue weighted by Crippen LogP contribution is -2.47. The quantitative estimate of drug-likeness (QED) is 0.237. The molecule has 0 bridgehead atoms. The molecule has 1 aliphatic carbocycles. The fourth-order valence-electron chi connectivity index (χ4n) is 6.10. The summed E-state index contributed by atoms with van der Waals surface area (Å²) in [5.41, 5.74) is 6.55. The van der Waals surface area contributed by atoms with Gasteiger partial charge in [0.2, 0.25) is 0 Å². The van der Waals surface area contributed by atoms with Crippen molar-refractivity contribution in [3.05, 3.63) is 101 Å². The molecule has 1 N–H and O–H groups in total. The molecular formula is C35H36ClN3O3. The normalized spacial score (nSPS) is 17.5. The van der Waals surface area contributed by atoms with Gasteiger partial charge in [-0.3, -0.25) is 9.88 Å². The van der Waals surface area contributed by atoms with Crippen LogP contribution < -0.4 is 9.64 Å². The maximum atomic E-state index is 12.0. The number of aromatic nitrogens is 1. The van der Waals surface area contributed by atoms with Gasteiger partial charge in [-0.25, -0.2) is 4.79 Å². The van der Waals surface area contributed by atoms with Crippen LogP contribution in [-0.2, 0) is 0 Å². The number of rotatable bonds is 7. The standard InChI is InChI=1S/C35H36ClN3O3/c1-35(2)14-13-26(31(21-35)24-7-9-27(36)10-8-24)23-38-15-17-39(18-16-38)28-11-12-30(34(40)41)33(20-28)42-29-19-25-5-3-4-6-32(25)37-22-29/h3-12,19-20,22H,13-18,21,23H2,1-2H3,(H,40,41). The summed E-state index contributed by atoms with van der Waals surface area (Å²) in [4.78, 5) is 21.3. The predicted molar refractivity (Wildman–Crippen MR) is 170 cm³/mol. The van der Waals surface area contributed by atoms with Gasteiger partial charge in [0, 0.05) is 54.9 Å². The molecule has 2 aliphatic rings. The van der Waals surface area contributed by atoms with Crippen LogP contribution in [0.25, 0.3) is 16.5 Å². The molecule has 2 heterocycles. The topological polar surface area (TPSA) is 65.9 Å². The van der Waals surface area contributed by atoms with Gasteiger partial charge in [-0.15, -0.1) is 0 Å². The first kappa shape index (κ1) is 28.3. The molecule has 1 aliphatic heterocycles. The van der Waals surface area contributed by atoms with E-state index in [4.69, 9.17) is 16.3 Å². The van der Waals surface area contributed by atoms with Crippen molar-refractivity contribution in [3.63, 3.8) is 0 Å². The van der Waals surface area contributed by atoms with Crippen LogP contribution in [0.4, 0.5) is 5.69 Å². The number of piperazine rings is 1. The summed E-state index contributed by atoms with van der Waals surface area (Å²) in [5, 5.41) is 11.5. The molecule has 0 radical (unpaired) electrons. The smallest absolute Gasteiger partial charge is 0.339 e. The number of carboxylic acid groups (broad SMARTS) is 1. The Morgan fingerprint density at radius 2 is 1.76 bits per heavy atom. The maximum absolute atomic E-state index is 12.0. The van der Waals surface area contributed by atoms with Gasteiger partial charge >= 0.3 is 5.97 Å². The third-order valence-corrected chi connectivity index (χ3v) is 8.77. The van der Waals surface area contributed by atoms with Crippen LogP contribution in [0.1, 0.15) is 49.0 Å². The number of nitrogens with zero attached hydrogens (tertiary/aromatic N) is 3. The first-order valence-electron chi connectivity index (χ1n) is 14.6. The van der Waals surface area contributed by atoms with Crippen LogP contribution in [0.15, 0.2) is 84.6 Å². The Hall–Kier alpha value is -3.87. The highest BCUT2D eigenvalue weighted by Crippen LogP contribution is 2.43. The molecular weight excluding hydrogens is 546 g/mol. The number of hydrogen-bond acceptors (Lipinski definition) is 5. The van der Waals surface area contributed by atoms with Crippen molar-refractivity contribution in [1.82, 2.24) is 9.88 Å². The molecule has 0 saturated carbocycles. The van der Waals surface area contributed by atoms with E-state index in [1.807, 2.05) is 54.6 Å². The lowest BCUT2D eigenvalue weighted by molar-refractivity contribution is 0.0694. The first-order valence-corrected chi connectivity index (χ1v) is 15.0. The van der Waals surface area contributed by atoms with Crippen molar-refractivity contribution in [1.29, 1.82) is 0 Å². The number of carboxylic acids is 1. The Bertz CT molecular complexity index is 1640. The zero-order valence-corrected chi connectivity index (χ0v) is 24.9. The SMILES string of the molecule is CC1(C)CCC(CN2CCN(c3ccc(C(=O)O)c(Oc4cnc5ccccc5c4)c3)CC2)=C(c2ccc(Cl)cc2)C1. The number of carbonyl (C=O) groups is 1. The molecule has 0 spiro atoms. The fourth-order valence-corrected chi connectivity index (χ4v) is 6.23. The van der Waals surface area contributed by atoms with Gasteiger partial charge in [0.15, 0.2) is 0 Å². The van der Waals surface area contributed by atoms with Crippen molar-refractivity contribution in [2.75, 3.05) is 37.6 Å². The van der Waals surface area contributed by atoms with Crippen LogP contribution in [0, 0.1) is 5.41 Å². The summed E-state index contributed by atoms with van der Waals surface area (Å²) in [6, 6.07) is 23.3. The van der Waals surface area contributed by atoms with E-state index in [-0.39, 0.29) is 5.56 Å². The lowest BCUT2D eigenvalue weighted by atomic mass is 9.72. The third-order valence-electron chi connectivity index (χ3n) is 8.52. The Morgan fingerprint density at radius 1 is 1.00 bits per heavy atom. The largest absolute Gasteiger partial charge is 0.478 e. The highest BCUT2D eigenvalue weighted by molar-refractivity contribution is 6.30. The molecule has 216 valence electrons. The van der Waals surface area contributed by atoms with E-state index in [1.54, 1.807) is 12.3 Å². The summed E-state index contributed by atoms with van der Waals surface area (Å²) in [6.07, 6.45) is 5.03. The van der Waals surface area contributed by atoms with Crippen molar-refractivity contribution in [3.8, 4) is 11.5 Å². The van der Waals surface area contributed by atoms with Gasteiger partial charge in [0.1, 0.15) is 17.1 Å². The van der Waals surface area contributed by atoms with Crippen molar-refractivity contribution in [2.24, 2.45) is 5.41 Å². The second-order valence-corrected chi connectivity index (χ2v) is 12.6. The van der Waals surface area contributed by atoms with Crippen LogP contribution in [0.2, 0.25) is 5.02 Å². The number of aromatic carboxylic acids is 1. The summed E-state index contributed by atoms with van der Waals surface area (Å²) >= 11 is 6.19. The van der Waals surface area contributed by atoms with Gasteiger partial charge in [-0.1, -0.05) is 61.4 Å². The fraction of sp³-hybridized carbons (Fsp3) is 0.314.